The quantitative estimate of drug-likeness (QED) is 0.759. The fourth-order valence-corrected chi connectivity index (χ4v) is 2.24. The topological polar surface area (TPSA) is 56.1 Å². The first kappa shape index (κ1) is 10.1. The van der Waals surface area contributed by atoms with Gasteiger partial charge in [0.1, 0.15) is 6.04 Å². The number of nitriles is 1. The molecule has 0 aromatic carbocycles. The molecular formula is C10H11N3OS. The van der Waals surface area contributed by atoms with Crippen LogP contribution in [-0.4, -0.2) is 36.5 Å². The van der Waals surface area contributed by atoms with Crippen LogP contribution in [0.25, 0.3) is 0 Å². The van der Waals surface area contributed by atoms with E-state index in [0.29, 0.717) is 18.7 Å². The first-order chi connectivity index (χ1) is 7.33. The lowest BCUT2D eigenvalue weighted by Gasteiger charge is -2.31. The number of nitrogens with zero attached hydrogens (tertiary/aromatic N) is 2. The zero-order chi connectivity index (χ0) is 10.7. The van der Waals surface area contributed by atoms with Crippen molar-refractivity contribution in [2.24, 2.45) is 0 Å². The third-order valence-corrected chi connectivity index (χ3v) is 3.10. The molecule has 1 aromatic heterocycles. The maximum Gasteiger partial charge on any atom is 0.255 e. The van der Waals surface area contributed by atoms with Gasteiger partial charge in [-0.1, -0.05) is 0 Å². The SMILES string of the molecule is N#CC1CNCCN1C(=O)c1ccsc1. The number of carbonyl (C=O) groups is 1. The largest absolute Gasteiger partial charge is 0.320 e. The number of thiophene rings is 1. The number of amides is 1. The van der Waals surface area contributed by atoms with Crippen LogP contribution in [0.1, 0.15) is 10.4 Å². The Morgan fingerprint density at radius 3 is 3.27 bits per heavy atom. The van der Waals surface area contributed by atoms with Gasteiger partial charge in [-0.05, 0) is 11.4 Å². The monoisotopic (exact) mass is 221 g/mol. The van der Waals surface area contributed by atoms with E-state index in [1.807, 2.05) is 10.8 Å². The van der Waals surface area contributed by atoms with Crippen LogP contribution in [0.3, 0.4) is 0 Å². The molecule has 0 aliphatic carbocycles. The van der Waals surface area contributed by atoms with Crippen LogP contribution < -0.4 is 5.32 Å². The number of hydrogen-bond donors (Lipinski definition) is 1. The van der Waals surface area contributed by atoms with Gasteiger partial charge in [0.15, 0.2) is 0 Å². The van der Waals surface area contributed by atoms with E-state index in [0.717, 1.165) is 6.54 Å². The maximum atomic E-state index is 12.0. The van der Waals surface area contributed by atoms with Gasteiger partial charge < -0.3 is 10.2 Å². The number of piperazine rings is 1. The molecule has 1 N–H and O–H groups in total. The summed E-state index contributed by atoms with van der Waals surface area (Å²) in [5, 5.41) is 15.7. The third-order valence-electron chi connectivity index (χ3n) is 2.42. The second-order valence-electron chi connectivity index (χ2n) is 3.36. The summed E-state index contributed by atoms with van der Waals surface area (Å²) in [6, 6.07) is 3.60. The number of carbonyl (C=O) groups excluding carboxylic acids is 1. The van der Waals surface area contributed by atoms with Gasteiger partial charge in [-0.15, -0.1) is 0 Å². The Bertz CT molecular complexity index is 382. The van der Waals surface area contributed by atoms with E-state index in [1.54, 1.807) is 11.0 Å². The summed E-state index contributed by atoms with van der Waals surface area (Å²) in [6.45, 7) is 1.92. The molecule has 0 spiro atoms. The number of hydrogen-bond acceptors (Lipinski definition) is 4. The van der Waals surface area contributed by atoms with Gasteiger partial charge in [-0.2, -0.15) is 16.6 Å². The predicted octanol–water partition coefficient (Wildman–Crippen LogP) is 0.686. The highest BCUT2D eigenvalue weighted by atomic mass is 32.1. The lowest BCUT2D eigenvalue weighted by Crippen LogP contribution is -2.52. The van der Waals surface area contributed by atoms with Crippen LogP contribution in [0.5, 0.6) is 0 Å². The van der Waals surface area contributed by atoms with Gasteiger partial charge in [-0.3, -0.25) is 4.79 Å². The fourth-order valence-electron chi connectivity index (χ4n) is 1.61. The minimum absolute atomic E-state index is 0.0377. The van der Waals surface area contributed by atoms with E-state index in [1.165, 1.54) is 11.3 Å². The minimum atomic E-state index is -0.342. The molecule has 1 aliphatic rings. The maximum absolute atomic E-state index is 12.0. The molecule has 0 radical (unpaired) electrons. The highest BCUT2D eigenvalue weighted by Crippen LogP contribution is 2.12. The second kappa shape index (κ2) is 4.43. The van der Waals surface area contributed by atoms with E-state index < -0.39 is 0 Å². The van der Waals surface area contributed by atoms with Gasteiger partial charge >= 0.3 is 0 Å². The minimum Gasteiger partial charge on any atom is -0.320 e. The van der Waals surface area contributed by atoms with E-state index in [4.69, 9.17) is 5.26 Å². The van der Waals surface area contributed by atoms with Gasteiger partial charge in [0.2, 0.25) is 0 Å². The molecule has 15 heavy (non-hydrogen) atoms. The third kappa shape index (κ3) is 2.01. The summed E-state index contributed by atoms with van der Waals surface area (Å²) >= 11 is 1.49. The normalized spacial score (nSPS) is 21.0. The average molecular weight is 221 g/mol. The van der Waals surface area contributed by atoms with Gasteiger partial charge in [0, 0.05) is 25.0 Å². The predicted molar refractivity (Wildman–Crippen MR) is 57.6 cm³/mol. The summed E-state index contributed by atoms with van der Waals surface area (Å²) < 4.78 is 0. The number of rotatable bonds is 1. The first-order valence-electron chi connectivity index (χ1n) is 4.76. The average Bonchev–Trinajstić information content (AvgIpc) is 2.81. The van der Waals surface area contributed by atoms with Crippen LogP contribution in [0, 0.1) is 11.3 Å². The van der Waals surface area contributed by atoms with Crippen molar-refractivity contribution in [2.45, 2.75) is 6.04 Å². The molecule has 0 bridgehead atoms. The lowest BCUT2D eigenvalue weighted by atomic mass is 10.2. The molecule has 1 aromatic rings. The Kier molecular flexibility index (Phi) is 2.99. The smallest absolute Gasteiger partial charge is 0.255 e. The highest BCUT2D eigenvalue weighted by Gasteiger charge is 2.27. The molecule has 2 heterocycles. The van der Waals surface area contributed by atoms with Crippen molar-refractivity contribution in [1.29, 1.82) is 5.26 Å². The fraction of sp³-hybridized carbons (Fsp3) is 0.400. The van der Waals surface area contributed by atoms with Crippen molar-refractivity contribution in [1.82, 2.24) is 10.2 Å². The van der Waals surface area contributed by atoms with E-state index >= 15 is 0 Å². The molecule has 0 saturated carbocycles. The summed E-state index contributed by atoms with van der Waals surface area (Å²) in [7, 11) is 0. The summed E-state index contributed by atoms with van der Waals surface area (Å²) in [4.78, 5) is 13.6. The van der Waals surface area contributed by atoms with Crippen LogP contribution in [-0.2, 0) is 0 Å². The summed E-state index contributed by atoms with van der Waals surface area (Å²) in [6.07, 6.45) is 0. The zero-order valence-electron chi connectivity index (χ0n) is 8.14. The zero-order valence-corrected chi connectivity index (χ0v) is 8.96. The van der Waals surface area contributed by atoms with Crippen molar-refractivity contribution in [3.63, 3.8) is 0 Å². The highest BCUT2D eigenvalue weighted by molar-refractivity contribution is 7.08. The van der Waals surface area contributed by atoms with Crippen molar-refractivity contribution >= 4 is 17.2 Å². The summed E-state index contributed by atoms with van der Waals surface area (Å²) in [5.41, 5.74) is 0.683. The molecule has 1 amide bonds. The van der Waals surface area contributed by atoms with Gasteiger partial charge in [-0.25, -0.2) is 0 Å². The molecule has 1 unspecified atom stereocenters. The van der Waals surface area contributed by atoms with Crippen molar-refractivity contribution in [3.8, 4) is 6.07 Å². The Balaban J connectivity index is 2.15. The van der Waals surface area contributed by atoms with E-state index in [9.17, 15) is 4.79 Å². The van der Waals surface area contributed by atoms with Crippen LogP contribution in [0.4, 0.5) is 0 Å². The molecule has 1 saturated heterocycles. The Hall–Kier alpha value is -1.38. The van der Waals surface area contributed by atoms with E-state index in [-0.39, 0.29) is 11.9 Å². The molecule has 4 nitrogen and oxygen atoms in total. The Morgan fingerprint density at radius 1 is 1.73 bits per heavy atom. The van der Waals surface area contributed by atoms with Gasteiger partial charge in [0.05, 0.1) is 11.6 Å². The van der Waals surface area contributed by atoms with E-state index in [2.05, 4.69) is 11.4 Å². The summed E-state index contributed by atoms with van der Waals surface area (Å²) in [5.74, 6) is -0.0377. The molecule has 1 atom stereocenters. The molecule has 5 heteroatoms. The Morgan fingerprint density at radius 2 is 2.60 bits per heavy atom. The Labute approximate surface area is 92.1 Å². The van der Waals surface area contributed by atoms with Crippen LogP contribution >= 0.6 is 11.3 Å². The number of nitrogens with one attached hydrogen (secondary N) is 1. The second-order valence-corrected chi connectivity index (χ2v) is 4.14. The lowest BCUT2D eigenvalue weighted by molar-refractivity contribution is 0.0687. The van der Waals surface area contributed by atoms with Crippen LogP contribution in [0.15, 0.2) is 16.8 Å². The van der Waals surface area contributed by atoms with Crippen molar-refractivity contribution in [3.05, 3.63) is 22.4 Å². The molecule has 2 rings (SSSR count). The van der Waals surface area contributed by atoms with Crippen LogP contribution in [0.2, 0.25) is 0 Å². The first-order valence-corrected chi connectivity index (χ1v) is 5.70. The molecule has 78 valence electrons. The van der Waals surface area contributed by atoms with Crippen molar-refractivity contribution < 1.29 is 4.79 Å². The van der Waals surface area contributed by atoms with Gasteiger partial charge in [0.25, 0.3) is 5.91 Å². The molecule has 1 aliphatic heterocycles. The molecular weight excluding hydrogens is 210 g/mol. The van der Waals surface area contributed by atoms with Crippen molar-refractivity contribution in [2.75, 3.05) is 19.6 Å². The molecule has 1 fully saturated rings. The standard InChI is InChI=1S/C10H11N3OS/c11-5-9-6-12-2-3-13(9)10(14)8-1-4-15-7-8/h1,4,7,9,12H,2-3,6H2.